The van der Waals surface area contributed by atoms with Gasteiger partial charge < -0.3 is 9.52 Å². The molecule has 2 heterocycles. The Hall–Kier alpha value is -0.980. The van der Waals surface area contributed by atoms with Gasteiger partial charge in [-0.25, -0.2) is 0 Å². The highest BCUT2D eigenvalue weighted by molar-refractivity contribution is 5.00. The lowest BCUT2D eigenvalue weighted by atomic mass is 10.1. The monoisotopic (exact) mass is 280 g/mol. The fourth-order valence-corrected chi connectivity index (χ4v) is 2.84. The van der Waals surface area contributed by atoms with Crippen LogP contribution >= 0.6 is 0 Å². The molecule has 0 aromatic carbocycles. The molecular weight excluding hydrogens is 256 g/mol. The van der Waals surface area contributed by atoms with Gasteiger partial charge in [0.05, 0.1) is 12.6 Å². The van der Waals surface area contributed by atoms with E-state index in [9.17, 15) is 5.11 Å². The molecule has 3 rings (SSSR count). The third-order valence-corrected chi connectivity index (χ3v) is 4.12. The summed E-state index contributed by atoms with van der Waals surface area (Å²) in [6, 6.07) is 0.448. The Morgan fingerprint density at radius 1 is 1.35 bits per heavy atom. The van der Waals surface area contributed by atoms with E-state index in [0.29, 0.717) is 12.0 Å². The molecule has 0 spiro atoms. The van der Waals surface area contributed by atoms with Crippen LogP contribution in [-0.4, -0.2) is 63.4 Å². The van der Waals surface area contributed by atoms with Crippen LogP contribution in [0.3, 0.4) is 0 Å². The number of nitrogens with zero attached hydrogens (tertiary/aromatic N) is 4. The largest absolute Gasteiger partial charge is 0.424 e. The Morgan fingerprint density at radius 2 is 2.15 bits per heavy atom. The lowest BCUT2D eigenvalue weighted by molar-refractivity contribution is 0.0391. The van der Waals surface area contributed by atoms with E-state index in [1.165, 1.54) is 12.8 Å². The van der Waals surface area contributed by atoms with Gasteiger partial charge in [0, 0.05) is 38.1 Å². The molecule has 0 unspecified atom stereocenters. The third kappa shape index (κ3) is 3.37. The number of aromatic nitrogens is 2. The number of piperazine rings is 1. The van der Waals surface area contributed by atoms with Crippen molar-refractivity contribution in [2.75, 3.05) is 26.2 Å². The molecular formula is C14H24N4O2. The van der Waals surface area contributed by atoms with Gasteiger partial charge in [-0.3, -0.25) is 9.80 Å². The molecule has 1 N–H and O–H groups in total. The second kappa shape index (κ2) is 5.79. The molecule has 1 saturated heterocycles. The van der Waals surface area contributed by atoms with E-state index in [0.717, 1.165) is 44.5 Å². The molecule has 1 saturated carbocycles. The number of rotatable bonds is 5. The zero-order valence-electron chi connectivity index (χ0n) is 12.3. The average molecular weight is 280 g/mol. The summed E-state index contributed by atoms with van der Waals surface area (Å²) in [5.41, 5.74) is 0. The highest BCUT2D eigenvalue weighted by Gasteiger charge is 2.30. The van der Waals surface area contributed by atoms with Crippen molar-refractivity contribution in [2.45, 2.75) is 51.3 Å². The van der Waals surface area contributed by atoms with Gasteiger partial charge in [0.1, 0.15) is 0 Å². The fraction of sp³-hybridized carbons (Fsp3) is 0.857. The highest BCUT2D eigenvalue weighted by Crippen LogP contribution is 2.39. The quantitative estimate of drug-likeness (QED) is 0.862. The van der Waals surface area contributed by atoms with E-state index in [1.54, 1.807) is 0 Å². The zero-order valence-corrected chi connectivity index (χ0v) is 12.3. The highest BCUT2D eigenvalue weighted by atomic mass is 16.4. The van der Waals surface area contributed by atoms with Gasteiger partial charge in [0.15, 0.2) is 0 Å². The van der Waals surface area contributed by atoms with Crippen molar-refractivity contribution in [2.24, 2.45) is 0 Å². The molecule has 2 atom stereocenters. The van der Waals surface area contributed by atoms with E-state index >= 15 is 0 Å². The van der Waals surface area contributed by atoms with Gasteiger partial charge in [-0.05, 0) is 26.7 Å². The second-order valence-corrected chi connectivity index (χ2v) is 6.24. The van der Waals surface area contributed by atoms with Crippen LogP contribution in [0.5, 0.6) is 0 Å². The van der Waals surface area contributed by atoms with Crippen molar-refractivity contribution in [3.05, 3.63) is 11.8 Å². The molecule has 6 heteroatoms. The van der Waals surface area contributed by atoms with Gasteiger partial charge in [0.2, 0.25) is 11.8 Å². The minimum atomic E-state index is -0.263. The number of hydrogen-bond acceptors (Lipinski definition) is 6. The SMILES string of the molecule is C[C@H](O)CN1CCN(Cc2nnc(C3CC3)o2)C[C@H]1C. The van der Waals surface area contributed by atoms with Gasteiger partial charge in [-0.15, -0.1) is 10.2 Å². The molecule has 20 heavy (non-hydrogen) atoms. The maximum Gasteiger partial charge on any atom is 0.230 e. The lowest BCUT2D eigenvalue weighted by Crippen LogP contribution is -2.53. The summed E-state index contributed by atoms with van der Waals surface area (Å²) in [4.78, 5) is 4.69. The summed E-state index contributed by atoms with van der Waals surface area (Å²) in [6.07, 6.45) is 2.12. The zero-order chi connectivity index (χ0) is 14.1. The number of aliphatic hydroxyl groups is 1. The molecule has 0 bridgehead atoms. The Balaban J connectivity index is 1.51. The van der Waals surface area contributed by atoms with Crippen molar-refractivity contribution in [1.82, 2.24) is 20.0 Å². The molecule has 1 aromatic rings. The predicted molar refractivity (Wildman–Crippen MR) is 74.3 cm³/mol. The third-order valence-electron chi connectivity index (χ3n) is 4.12. The first kappa shape index (κ1) is 14.0. The van der Waals surface area contributed by atoms with Crippen LogP contribution in [0, 0.1) is 0 Å². The lowest BCUT2D eigenvalue weighted by Gasteiger charge is -2.39. The molecule has 1 aromatic heterocycles. The molecule has 2 fully saturated rings. The minimum Gasteiger partial charge on any atom is -0.424 e. The van der Waals surface area contributed by atoms with Crippen molar-refractivity contribution < 1.29 is 9.52 Å². The van der Waals surface area contributed by atoms with Crippen LogP contribution in [0.1, 0.15) is 44.4 Å². The van der Waals surface area contributed by atoms with Crippen LogP contribution in [0.4, 0.5) is 0 Å². The molecule has 1 aliphatic heterocycles. The Morgan fingerprint density at radius 3 is 2.80 bits per heavy atom. The van der Waals surface area contributed by atoms with Crippen molar-refractivity contribution in [3.63, 3.8) is 0 Å². The fourth-order valence-electron chi connectivity index (χ4n) is 2.84. The van der Waals surface area contributed by atoms with Gasteiger partial charge >= 0.3 is 0 Å². The van der Waals surface area contributed by atoms with Gasteiger partial charge in [0.25, 0.3) is 0 Å². The van der Waals surface area contributed by atoms with Crippen LogP contribution in [0.25, 0.3) is 0 Å². The van der Waals surface area contributed by atoms with Crippen LogP contribution in [0.2, 0.25) is 0 Å². The summed E-state index contributed by atoms with van der Waals surface area (Å²) in [6.45, 7) is 8.49. The maximum absolute atomic E-state index is 9.50. The van der Waals surface area contributed by atoms with E-state index in [-0.39, 0.29) is 6.10 Å². The van der Waals surface area contributed by atoms with E-state index in [4.69, 9.17) is 4.42 Å². The van der Waals surface area contributed by atoms with Crippen molar-refractivity contribution >= 4 is 0 Å². The molecule has 2 aliphatic rings. The molecule has 0 amide bonds. The van der Waals surface area contributed by atoms with Gasteiger partial charge in [-0.2, -0.15) is 0 Å². The van der Waals surface area contributed by atoms with Crippen molar-refractivity contribution in [3.8, 4) is 0 Å². The average Bonchev–Trinajstić information content (AvgIpc) is 3.14. The molecule has 112 valence electrons. The topological polar surface area (TPSA) is 65.6 Å². The predicted octanol–water partition coefficient (Wildman–Crippen LogP) is 0.834. The number of β-amino-alcohol motifs (C(OH)–C–C–N with tert-alkyl or cyclic N) is 1. The summed E-state index contributed by atoms with van der Waals surface area (Å²) in [5.74, 6) is 2.09. The minimum absolute atomic E-state index is 0.263. The second-order valence-electron chi connectivity index (χ2n) is 6.24. The van der Waals surface area contributed by atoms with Crippen LogP contribution < -0.4 is 0 Å². The molecule has 1 aliphatic carbocycles. The van der Waals surface area contributed by atoms with Gasteiger partial charge in [-0.1, -0.05) is 0 Å². The van der Waals surface area contributed by atoms with Crippen molar-refractivity contribution in [1.29, 1.82) is 0 Å². The Labute approximate surface area is 119 Å². The van der Waals surface area contributed by atoms with Crippen LogP contribution in [-0.2, 0) is 6.54 Å². The van der Waals surface area contributed by atoms with E-state index < -0.39 is 0 Å². The first-order valence-corrected chi connectivity index (χ1v) is 7.58. The Kier molecular flexibility index (Phi) is 4.05. The first-order chi connectivity index (χ1) is 9.61. The summed E-state index contributed by atoms with van der Waals surface area (Å²) in [5, 5.41) is 17.8. The molecule has 6 nitrogen and oxygen atoms in total. The summed E-state index contributed by atoms with van der Waals surface area (Å²) >= 11 is 0. The van der Waals surface area contributed by atoms with E-state index in [2.05, 4.69) is 26.9 Å². The standard InChI is InChI=1S/C14H24N4O2/c1-10-7-17(5-6-18(10)8-11(2)19)9-13-15-16-14(20-13)12-3-4-12/h10-12,19H,3-9H2,1-2H3/t10-,11+/m1/s1. The summed E-state index contributed by atoms with van der Waals surface area (Å²) in [7, 11) is 0. The van der Waals surface area contributed by atoms with E-state index in [1.807, 2.05) is 6.92 Å². The number of hydrogen-bond donors (Lipinski definition) is 1. The first-order valence-electron chi connectivity index (χ1n) is 7.58. The maximum atomic E-state index is 9.50. The summed E-state index contributed by atoms with van der Waals surface area (Å²) < 4.78 is 5.72. The number of aliphatic hydroxyl groups excluding tert-OH is 1. The normalized spacial score (nSPS) is 26.9. The van der Waals surface area contributed by atoms with Crippen LogP contribution in [0.15, 0.2) is 4.42 Å². The molecule has 0 radical (unpaired) electrons. The smallest absolute Gasteiger partial charge is 0.230 e. The Bertz CT molecular complexity index is 444.